The summed E-state index contributed by atoms with van der Waals surface area (Å²) in [6.07, 6.45) is 6.18. The summed E-state index contributed by atoms with van der Waals surface area (Å²) in [7, 11) is -3.89. The van der Waals surface area contributed by atoms with Gasteiger partial charge in [0.05, 0.1) is 9.10 Å². The van der Waals surface area contributed by atoms with E-state index in [4.69, 9.17) is 0 Å². The molecule has 2 aliphatic heterocycles. The third-order valence-electron chi connectivity index (χ3n) is 6.10. The number of aryl methyl sites for hydroxylation is 1. The maximum atomic E-state index is 13.0. The third-order valence-corrected chi connectivity index (χ3v) is 10.9. The molecule has 0 atom stereocenters. The summed E-state index contributed by atoms with van der Waals surface area (Å²) in [5, 5.41) is 0. The number of aromatic nitrogens is 2. The molecule has 0 aromatic heterocycles. The van der Waals surface area contributed by atoms with Gasteiger partial charge in [-0.3, -0.25) is 9.29 Å². The highest BCUT2D eigenvalue weighted by molar-refractivity contribution is 9.10. The summed E-state index contributed by atoms with van der Waals surface area (Å²) in [6, 6.07) is 6.36. The molecule has 1 N–H and O–H groups in total. The number of nitrogens with zero attached hydrogens (tertiary/aromatic N) is 2. The van der Waals surface area contributed by atoms with Crippen LogP contribution in [0.4, 0.5) is 5.82 Å². The first-order chi connectivity index (χ1) is 15.1. The van der Waals surface area contributed by atoms with E-state index in [1.807, 2.05) is 13.8 Å². The molecule has 1 aromatic carbocycles. The molecule has 0 saturated heterocycles. The number of benzene rings is 1. The van der Waals surface area contributed by atoms with Gasteiger partial charge >= 0.3 is 5.69 Å². The fraction of sp³-hybridized carbons (Fsp3) is 0.455. The lowest BCUT2D eigenvalue weighted by atomic mass is 9.77. The van der Waals surface area contributed by atoms with E-state index in [0.29, 0.717) is 5.69 Å². The normalized spacial score (nSPS) is 16.4. The molecule has 4 rings (SSSR count). The Morgan fingerprint density at radius 2 is 1.84 bits per heavy atom. The van der Waals surface area contributed by atoms with Gasteiger partial charge in [-0.2, -0.15) is 4.98 Å². The number of halogens is 1. The molecule has 0 spiro atoms. The van der Waals surface area contributed by atoms with Gasteiger partial charge < -0.3 is 0 Å². The molecule has 10 heteroatoms. The van der Waals surface area contributed by atoms with Gasteiger partial charge in [-0.15, -0.1) is 23.1 Å². The minimum atomic E-state index is -3.89. The van der Waals surface area contributed by atoms with Crippen molar-refractivity contribution in [2.24, 2.45) is 5.41 Å². The highest BCUT2D eigenvalue weighted by Crippen LogP contribution is 2.44. The Morgan fingerprint density at radius 1 is 1.19 bits per heavy atom. The standard InChI is InChI=1S/C22H26BrN3O3S3/c1-14-15(2)31-20(30-13-22(3)11-5-4-6-12-22)18-19(24-21(27)26(14)18)25-32(28,29)17-9-7-16(23)8-10-17/h7-10H,4-6,11-13H2,1-3H3,(H,24,25,27). The lowest BCUT2D eigenvalue weighted by molar-refractivity contribution is 0.251. The van der Waals surface area contributed by atoms with Crippen molar-refractivity contribution < 1.29 is 8.42 Å². The molecular formula is C22H26BrN3O3S3. The lowest BCUT2D eigenvalue weighted by Crippen LogP contribution is -2.23. The van der Waals surface area contributed by atoms with E-state index in [0.717, 1.165) is 25.0 Å². The van der Waals surface area contributed by atoms with Crippen LogP contribution in [0.2, 0.25) is 0 Å². The van der Waals surface area contributed by atoms with E-state index in [9.17, 15) is 13.2 Å². The molecule has 0 unspecified atom stereocenters. The van der Waals surface area contributed by atoms with Gasteiger partial charge in [-0.25, -0.2) is 13.2 Å². The second-order valence-corrected chi connectivity index (χ2v) is 13.7. The van der Waals surface area contributed by atoms with Crippen molar-refractivity contribution in [3.05, 3.63) is 49.8 Å². The number of hydrogen-bond donors (Lipinski definition) is 1. The van der Waals surface area contributed by atoms with Crippen LogP contribution in [0, 0.1) is 19.3 Å². The second kappa shape index (κ2) is 9.12. The van der Waals surface area contributed by atoms with E-state index in [-0.39, 0.29) is 16.1 Å². The maximum absolute atomic E-state index is 13.0. The highest BCUT2D eigenvalue weighted by Gasteiger charge is 2.30. The Bertz CT molecular complexity index is 1260. The molecular weight excluding hydrogens is 530 g/mol. The average Bonchev–Trinajstić information content (AvgIpc) is 3.06. The lowest BCUT2D eigenvalue weighted by Gasteiger charge is -2.33. The summed E-state index contributed by atoms with van der Waals surface area (Å²) >= 11 is 6.62. The van der Waals surface area contributed by atoms with Crippen LogP contribution < -0.4 is 10.4 Å². The van der Waals surface area contributed by atoms with Crippen LogP contribution in [-0.2, 0) is 10.0 Å². The van der Waals surface area contributed by atoms with Crippen LogP contribution in [0.15, 0.2) is 42.6 Å². The Hall–Kier alpha value is -1.36. The van der Waals surface area contributed by atoms with E-state index in [1.165, 1.54) is 48.8 Å². The van der Waals surface area contributed by atoms with Crippen LogP contribution in [0.25, 0.3) is 5.69 Å². The minimum Gasteiger partial charge on any atom is -0.261 e. The largest absolute Gasteiger partial charge is 0.354 e. The predicted octanol–water partition coefficient (Wildman–Crippen LogP) is 5.97. The van der Waals surface area contributed by atoms with Gasteiger partial charge in [0, 0.05) is 20.8 Å². The molecule has 172 valence electrons. The summed E-state index contributed by atoms with van der Waals surface area (Å²) in [4.78, 5) is 18.0. The Morgan fingerprint density at radius 3 is 2.50 bits per heavy atom. The molecule has 32 heavy (non-hydrogen) atoms. The first-order valence-corrected chi connectivity index (χ1v) is 14.6. The molecule has 0 radical (unpaired) electrons. The van der Waals surface area contributed by atoms with Gasteiger partial charge in [0.15, 0.2) is 5.82 Å². The fourth-order valence-electron chi connectivity index (χ4n) is 4.08. The van der Waals surface area contributed by atoms with Crippen molar-refractivity contribution in [2.45, 2.75) is 62.0 Å². The molecule has 0 amide bonds. The van der Waals surface area contributed by atoms with E-state index in [2.05, 4.69) is 32.6 Å². The van der Waals surface area contributed by atoms with Crippen LogP contribution in [0.3, 0.4) is 0 Å². The summed E-state index contributed by atoms with van der Waals surface area (Å²) in [6.45, 7) is 6.18. The van der Waals surface area contributed by atoms with Crippen molar-refractivity contribution in [1.82, 2.24) is 9.55 Å². The molecule has 1 aliphatic carbocycles. The van der Waals surface area contributed by atoms with Crippen LogP contribution in [-0.4, -0.2) is 23.7 Å². The second-order valence-electron chi connectivity index (χ2n) is 8.68. The highest BCUT2D eigenvalue weighted by atomic mass is 79.9. The number of fused-ring (bicyclic) bond motifs is 1. The molecule has 1 saturated carbocycles. The van der Waals surface area contributed by atoms with Crippen molar-refractivity contribution in [2.75, 3.05) is 10.5 Å². The summed E-state index contributed by atoms with van der Waals surface area (Å²) < 4.78 is 31.8. The zero-order valence-electron chi connectivity index (χ0n) is 18.3. The average molecular weight is 557 g/mol. The number of rotatable bonds is 6. The first kappa shape index (κ1) is 23.8. The molecule has 1 aromatic rings. The number of hydrogen-bond acceptors (Lipinski definition) is 6. The SMILES string of the molecule is Cc1sc(SCC2(C)CCCCC2)c2c(NS(=O)(=O)c3ccc(Br)cc3)nc(=O)n-2c1C. The Balaban J connectivity index is 1.73. The van der Waals surface area contributed by atoms with Gasteiger partial charge in [-0.05, 0) is 56.4 Å². The van der Waals surface area contributed by atoms with Crippen molar-refractivity contribution in [3.63, 3.8) is 0 Å². The van der Waals surface area contributed by atoms with Gasteiger partial charge in [0.2, 0.25) is 0 Å². The molecule has 1 fully saturated rings. The zero-order chi connectivity index (χ0) is 23.1. The minimum absolute atomic E-state index is 0.0913. The van der Waals surface area contributed by atoms with Crippen molar-refractivity contribution in [3.8, 4) is 5.69 Å². The van der Waals surface area contributed by atoms with Gasteiger partial charge in [-0.1, -0.05) is 42.1 Å². The van der Waals surface area contributed by atoms with Crippen molar-refractivity contribution in [1.29, 1.82) is 0 Å². The first-order valence-electron chi connectivity index (χ1n) is 10.5. The van der Waals surface area contributed by atoms with E-state index in [1.54, 1.807) is 35.2 Å². The third kappa shape index (κ3) is 4.78. The smallest absolute Gasteiger partial charge is 0.261 e. The zero-order valence-corrected chi connectivity index (χ0v) is 22.3. The monoisotopic (exact) mass is 555 g/mol. The van der Waals surface area contributed by atoms with E-state index < -0.39 is 15.7 Å². The number of imidazole rings is 1. The topological polar surface area (TPSA) is 81.1 Å². The van der Waals surface area contributed by atoms with Crippen LogP contribution in [0.1, 0.15) is 49.6 Å². The number of anilines is 1. The number of sulfonamides is 1. The summed E-state index contributed by atoms with van der Waals surface area (Å²) in [5.41, 5.74) is 1.12. The molecule has 3 aliphatic rings. The van der Waals surface area contributed by atoms with Gasteiger partial charge in [0.1, 0.15) is 5.69 Å². The van der Waals surface area contributed by atoms with Gasteiger partial charge in [0.25, 0.3) is 10.0 Å². The van der Waals surface area contributed by atoms with Crippen LogP contribution >= 0.6 is 39.0 Å². The van der Waals surface area contributed by atoms with Crippen molar-refractivity contribution >= 4 is 54.9 Å². The molecule has 2 heterocycles. The van der Waals surface area contributed by atoms with Crippen LogP contribution in [0.5, 0.6) is 0 Å². The summed E-state index contributed by atoms with van der Waals surface area (Å²) in [5.74, 6) is 1.02. The number of thioether (sulfide) groups is 1. The quantitative estimate of drug-likeness (QED) is 0.378. The fourth-order valence-corrected chi connectivity index (χ4v) is 8.03. The Kier molecular flexibility index (Phi) is 6.78. The van der Waals surface area contributed by atoms with E-state index >= 15 is 0 Å². The number of nitrogens with one attached hydrogen (secondary N) is 1. The molecule has 0 bridgehead atoms. The maximum Gasteiger partial charge on any atom is 0.354 e. The molecule has 6 nitrogen and oxygen atoms in total. The Labute approximate surface area is 205 Å². The predicted molar refractivity (Wildman–Crippen MR) is 135 cm³/mol.